The van der Waals surface area contributed by atoms with Gasteiger partial charge in [-0.05, 0) is 36.1 Å². The van der Waals surface area contributed by atoms with Crippen LogP contribution in [0.4, 0.5) is 5.95 Å². The van der Waals surface area contributed by atoms with Crippen molar-refractivity contribution in [2.45, 2.75) is 32.7 Å². The van der Waals surface area contributed by atoms with Crippen LogP contribution in [0.5, 0.6) is 0 Å². The summed E-state index contributed by atoms with van der Waals surface area (Å²) in [4.78, 5) is 17.5. The maximum atomic E-state index is 12.8. The molecule has 1 aromatic heterocycles. The minimum absolute atomic E-state index is 0.0821. The standard InChI is InChI=1S/C22H24N4O/c1-13(2)15-9-11-16(12-10-15)20-19(21(27)23-4)14(3)24-22-25-17-7-5-6-8-18(17)26(20)22/h5-13,20H,1-4H3,(H,23,27)(H,24,25)/t20-/m1/s1. The number of anilines is 1. The molecular formula is C22H24N4O. The Morgan fingerprint density at radius 1 is 1.15 bits per heavy atom. The van der Waals surface area contributed by atoms with Crippen LogP contribution in [-0.2, 0) is 4.79 Å². The minimum Gasteiger partial charge on any atom is -0.355 e. The molecule has 0 bridgehead atoms. The number of hydrogen-bond donors (Lipinski definition) is 2. The van der Waals surface area contributed by atoms with E-state index in [2.05, 4.69) is 53.3 Å². The van der Waals surface area contributed by atoms with Gasteiger partial charge in [0.25, 0.3) is 5.91 Å². The van der Waals surface area contributed by atoms with Crippen LogP contribution in [-0.4, -0.2) is 22.5 Å². The summed E-state index contributed by atoms with van der Waals surface area (Å²) >= 11 is 0. The number of fused-ring (bicyclic) bond motifs is 3. The first-order chi connectivity index (χ1) is 13.0. The number of imidazole rings is 1. The van der Waals surface area contributed by atoms with Crippen LogP contribution in [0.1, 0.15) is 43.9 Å². The first-order valence-electron chi connectivity index (χ1n) is 9.28. The van der Waals surface area contributed by atoms with Crippen molar-refractivity contribution in [2.75, 3.05) is 12.4 Å². The van der Waals surface area contributed by atoms with Crippen molar-refractivity contribution in [3.8, 4) is 0 Å². The molecule has 0 saturated carbocycles. The van der Waals surface area contributed by atoms with Crippen LogP contribution >= 0.6 is 0 Å². The average Bonchev–Trinajstić information content (AvgIpc) is 3.04. The van der Waals surface area contributed by atoms with Gasteiger partial charge in [-0.1, -0.05) is 50.2 Å². The number of carbonyl (C=O) groups excluding carboxylic acids is 1. The van der Waals surface area contributed by atoms with Gasteiger partial charge in [-0.3, -0.25) is 9.36 Å². The number of hydrogen-bond acceptors (Lipinski definition) is 3. The Kier molecular flexibility index (Phi) is 4.22. The average molecular weight is 360 g/mol. The fourth-order valence-corrected chi connectivity index (χ4v) is 3.77. The van der Waals surface area contributed by atoms with E-state index in [4.69, 9.17) is 4.98 Å². The normalized spacial score (nSPS) is 16.4. The van der Waals surface area contributed by atoms with Crippen LogP contribution in [0.2, 0.25) is 0 Å². The van der Waals surface area contributed by atoms with Gasteiger partial charge in [0, 0.05) is 12.7 Å². The second-order valence-corrected chi connectivity index (χ2v) is 7.26. The van der Waals surface area contributed by atoms with Crippen LogP contribution in [0, 0.1) is 0 Å². The molecule has 0 radical (unpaired) electrons. The Morgan fingerprint density at radius 3 is 2.52 bits per heavy atom. The molecule has 1 amide bonds. The van der Waals surface area contributed by atoms with Gasteiger partial charge in [0.15, 0.2) is 0 Å². The molecule has 0 unspecified atom stereocenters. The third-order valence-corrected chi connectivity index (χ3v) is 5.22. The first-order valence-corrected chi connectivity index (χ1v) is 9.28. The van der Waals surface area contributed by atoms with E-state index in [9.17, 15) is 4.79 Å². The highest BCUT2D eigenvalue weighted by Gasteiger charge is 2.33. The number of allylic oxidation sites excluding steroid dienone is 1. The molecule has 138 valence electrons. The summed E-state index contributed by atoms with van der Waals surface area (Å²) in [7, 11) is 1.67. The fourth-order valence-electron chi connectivity index (χ4n) is 3.77. The van der Waals surface area contributed by atoms with Gasteiger partial charge in [0.1, 0.15) is 0 Å². The monoisotopic (exact) mass is 360 g/mol. The topological polar surface area (TPSA) is 59.0 Å². The van der Waals surface area contributed by atoms with E-state index < -0.39 is 0 Å². The van der Waals surface area contributed by atoms with Crippen LogP contribution < -0.4 is 10.6 Å². The number of para-hydroxylation sites is 2. The summed E-state index contributed by atoms with van der Waals surface area (Å²) in [6.07, 6.45) is 0. The molecule has 0 aliphatic carbocycles. The van der Waals surface area contributed by atoms with Crippen LogP contribution in [0.3, 0.4) is 0 Å². The van der Waals surface area contributed by atoms with Gasteiger partial charge >= 0.3 is 0 Å². The molecule has 1 aliphatic rings. The smallest absolute Gasteiger partial charge is 0.251 e. The molecule has 5 heteroatoms. The predicted molar refractivity (Wildman–Crippen MR) is 109 cm³/mol. The highest BCUT2D eigenvalue weighted by Crippen LogP contribution is 2.39. The van der Waals surface area contributed by atoms with Gasteiger partial charge in [0.2, 0.25) is 5.95 Å². The molecule has 0 spiro atoms. The predicted octanol–water partition coefficient (Wildman–Crippen LogP) is 4.19. The van der Waals surface area contributed by atoms with Gasteiger partial charge in [-0.2, -0.15) is 0 Å². The Morgan fingerprint density at radius 2 is 1.85 bits per heavy atom. The molecular weight excluding hydrogens is 336 g/mol. The van der Waals surface area contributed by atoms with Crippen molar-refractivity contribution in [3.05, 3.63) is 70.9 Å². The lowest BCUT2D eigenvalue weighted by Gasteiger charge is -2.30. The van der Waals surface area contributed by atoms with Crippen LogP contribution in [0.15, 0.2) is 59.8 Å². The van der Waals surface area contributed by atoms with Gasteiger partial charge in [-0.15, -0.1) is 0 Å². The second-order valence-electron chi connectivity index (χ2n) is 7.26. The van der Waals surface area contributed by atoms with Gasteiger partial charge < -0.3 is 10.6 Å². The highest BCUT2D eigenvalue weighted by molar-refractivity contribution is 5.97. The number of carbonyl (C=O) groups is 1. The van der Waals surface area contributed by atoms with Crippen molar-refractivity contribution in [1.82, 2.24) is 14.9 Å². The Bertz CT molecular complexity index is 1040. The summed E-state index contributed by atoms with van der Waals surface area (Å²) < 4.78 is 2.12. The molecule has 4 rings (SSSR count). The molecule has 3 aromatic rings. The highest BCUT2D eigenvalue weighted by atomic mass is 16.1. The molecule has 2 aromatic carbocycles. The largest absolute Gasteiger partial charge is 0.355 e. The zero-order chi connectivity index (χ0) is 19.1. The Hall–Kier alpha value is -3.08. The molecule has 5 nitrogen and oxygen atoms in total. The lowest BCUT2D eigenvalue weighted by molar-refractivity contribution is -0.117. The molecule has 0 fully saturated rings. The van der Waals surface area contributed by atoms with E-state index in [0.717, 1.165) is 28.2 Å². The van der Waals surface area contributed by atoms with E-state index in [-0.39, 0.29) is 11.9 Å². The van der Waals surface area contributed by atoms with E-state index >= 15 is 0 Å². The summed E-state index contributed by atoms with van der Waals surface area (Å²) in [5.41, 5.74) is 5.82. The summed E-state index contributed by atoms with van der Waals surface area (Å²) in [5.74, 6) is 1.15. The maximum absolute atomic E-state index is 12.8. The van der Waals surface area contributed by atoms with Crippen LogP contribution in [0.25, 0.3) is 11.0 Å². The van der Waals surface area contributed by atoms with Crippen molar-refractivity contribution in [1.29, 1.82) is 0 Å². The number of likely N-dealkylation sites (N-methyl/N-ethyl adjacent to an activating group) is 1. The zero-order valence-electron chi connectivity index (χ0n) is 16.1. The van der Waals surface area contributed by atoms with Crippen molar-refractivity contribution < 1.29 is 4.79 Å². The SMILES string of the molecule is CNC(=O)C1=C(C)Nc2nc3ccccc3n2[C@@H]1c1ccc(C(C)C)cc1. The minimum atomic E-state index is -0.227. The molecule has 2 N–H and O–H groups in total. The quantitative estimate of drug-likeness (QED) is 0.736. The summed E-state index contributed by atoms with van der Waals surface area (Å²) in [6, 6.07) is 16.3. The molecule has 0 saturated heterocycles. The molecule has 1 atom stereocenters. The molecule has 2 heterocycles. The fraction of sp³-hybridized carbons (Fsp3) is 0.273. The Labute approximate surface area is 159 Å². The zero-order valence-corrected chi connectivity index (χ0v) is 16.1. The first kappa shape index (κ1) is 17.3. The maximum Gasteiger partial charge on any atom is 0.251 e. The Balaban J connectivity index is 1.95. The van der Waals surface area contributed by atoms with Crippen molar-refractivity contribution >= 4 is 22.9 Å². The van der Waals surface area contributed by atoms with E-state index in [1.165, 1.54) is 5.56 Å². The number of benzene rings is 2. The summed E-state index contributed by atoms with van der Waals surface area (Å²) in [5, 5.41) is 6.11. The number of nitrogens with one attached hydrogen (secondary N) is 2. The third-order valence-electron chi connectivity index (χ3n) is 5.22. The number of rotatable bonds is 3. The molecule has 27 heavy (non-hydrogen) atoms. The van der Waals surface area contributed by atoms with E-state index in [1.807, 2.05) is 31.2 Å². The van der Waals surface area contributed by atoms with Gasteiger partial charge in [0.05, 0.1) is 22.6 Å². The second kappa shape index (κ2) is 6.58. The van der Waals surface area contributed by atoms with E-state index in [1.54, 1.807) is 7.05 Å². The number of aromatic nitrogens is 2. The summed E-state index contributed by atoms with van der Waals surface area (Å²) in [6.45, 7) is 6.30. The lowest BCUT2D eigenvalue weighted by Crippen LogP contribution is -2.33. The number of nitrogens with zero attached hydrogens (tertiary/aromatic N) is 2. The number of amides is 1. The lowest BCUT2D eigenvalue weighted by atomic mass is 9.92. The molecule has 1 aliphatic heterocycles. The van der Waals surface area contributed by atoms with E-state index in [0.29, 0.717) is 11.5 Å². The third kappa shape index (κ3) is 2.79. The van der Waals surface area contributed by atoms with Crippen molar-refractivity contribution in [2.24, 2.45) is 0 Å². The van der Waals surface area contributed by atoms with Crippen molar-refractivity contribution in [3.63, 3.8) is 0 Å². The van der Waals surface area contributed by atoms with Gasteiger partial charge in [-0.25, -0.2) is 4.98 Å².